The fourth-order valence-electron chi connectivity index (χ4n) is 2.57. The van der Waals surface area contributed by atoms with E-state index in [4.69, 9.17) is 9.26 Å². The van der Waals surface area contributed by atoms with Crippen molar-refractivity contribution in [3.05, 3.63) is 35.5 Å². The second-order valence-corrected chi connectivity index (χ2v) is 6.35. The molecule has 0 radical (unpaired) electrons. The van der Waals surface area contributed by atoms with Gasteiger partial charge in [0, 0.05) is 12.0 Å². The quantitative estimate of drug-likeness (QED) is 0.876. The topological polar surface area (TPSA) is 89.3 Å². The lowest BCUT2D eigenvalue weighted by Gasteiger charge is -2.22. The lowest BCUT2D eigenvalue weighted by molar-refractivity contribution is -0.118. The van der Waals surface area contributed by atoms with Crippen LogP contribution in [0.5, 0.6) is 5.75 Å². The minimum absolute atomic E-state index is 0.0403. The number of amides is 1. The van der Waals surface area contributed by atoms with Crippen LogP contribution in [0.25, 0.3) is 0 Å². The maximum absolute atomic E-state index is 11.4. The summed E-state index contributed by atoms with van der Waals surface area (Å²) in [6.45, 7) is 8.14. The van der Waals surface area contributed by atoms with Crippen LogP contribution >= 0.6 is 0 Å². The summed E-state index contributed by atoms with van der Waals surface area (Å²) in [7, 11) is 0. The van der Waals surface area contributed by atoms with Gasteiger partial charge >= 0.3 is 0 Å². The van der Waals surface area contributed by atoms with Crippen molar-refractivity contribution in [2.24, 2.45) is 0 Å². The van der Waals surface area contributed by atoms with Crippen LogP contribution in [0, 0.1) is 0 Å². The van der Waals surface area contributed by atoms with E-state index < -0.39 is 0 Å². The third-order valence-corrected chi connectivity index (χ3v) is 3.98. The molecule has 0 fully saturated rings. The number of hydrogen-bond acceptors (Lipinski definition) is 6. The number of carbonyl (C=O) groups excluding carboxylic acids is 1. The van der Waals surface area contributed by atoms with Gasteiger partial charge in [-0.1, -0.05) is 25.1 Å². The fraction of sp³-hybridized carbons (Fsp3) is 0.471. The number of nitrogens with zero attached hydrogens (tertiary/aromatic N) is 2. The average molecular weight is 330 g/mol. The van der Waals surface area contributed by atoms with Crippen LogP contribution in [-0.4, -0.2) is 22.7 Å². The van der Waals surface area contributed by atoms with Crippen molar-refractivity contribution in [1.82, 2.24) is 15.5 Å². The first-order valence-electron chi connectivity index (χ1n) is 8.10. The normalized spacial score (nSPS) is 16.3. The number of rotatable bonds is 5. The van der Waals surface area contributed by atoms with Gasteiger partial charge in [0.25, 0.3) is 5.91 Å². The Labute approximate surface area is 140 Å². The highest BCUT2D eigenvalue weighted by molar-refractivity contribution is 5.95. The van der Waals surface area contributed by atoms with E-state index in [1.165, 1.54) is 0 Å². The molecule has 7 heteroatoms. The SMILES string of the molecule is CC(C)c1noc([C@@H](C)N[C@@H](C)c2ccc3c(c2)NC(=O)CO3)n1. The standard InChI is InChI=1S/C17H22N4O3/c1-9(2)16-20-17(24-21-16)11(4)18-10(3)12-5-6-14-13(7-12)19-15(22)8-23-14/h5-7,9-11,18H,8H2,1-4H3,(H,19,22)/t10-,11+/m0/s1. The van der Waals surface area contributed by atoms with Gasteiger partial charge in [0.15, 0.2) is 12.4 Å². The second kappa shape index (κ2) is 6.60. The van der Waals surface area contributed by atoms with E-state index in [1.807, 2.05) is 45.9 Å². The van der Waals surface area contributed by atoms with E-state index in [0.29, 0.717) is 23.2 Å². The van der Waals surface area contributed by atoms with Crippen LogP contribution in [0.15, 0.2) is 22.7 Å². The molecule has 1 aromatic carbocycles. The van der Waals surface area contributed by atoms with Gasteiger partial charge in [-0.25, -0.2) is 0 Å². The monoisotopic (exact) mass is 330 g/mol. The largest absolute Gasteiger partial charge is 0.482 e. The molecule has 7 nitrogen and oxygen atoms in total. The van der Waals surface area contributed by atoms with Crippen molar-refractivity contribution < 1.29 is 14.1 Å². The number of benzene rings is 1. The van der Waals surface area contributed by atoms with E-state index in [1.54, 1.807) is 0 Å². The molecule has 1 aliphatic rings. The summed E-state index contributed by atoms with van der Waals surface area (Å²) in [5, 5.41) is 10.2. The third-order valence-electron chi connectivity index (χ3n) is 3.98. The third kappa shape index (κ3) is 3.41. The zero-order chi connectivity index (χ0) is 17.3. The number of carbonyl (C=O) groups is 1. The molecule has 0 bridgehead atoms. The Morgan fingerprint density at radius 3 is 2.71 bits per heavy atom. The van der Waals surface area contributed by atoms with Crippen molar-refractivity contribution in [3.8, 4) is 5.75 Å². The molecule has 2 heterocycles. The van der Waals surface area contributed by atoms with E-state index in [2.05, 4.69) is 20.8 Å². The molecule has 2 aromatic rings. The Balaban J connectivity index is 1.71. The summed E-state index contributed by atoms with van der Waals surface area (Å²) in [4.78, 5) is 15.9. The molecular formula is C17H22N4O3. The molecule has 24 heavy (non-hydrogen) atoms. The van der Waals surface area contributed by atoms with E-state index in [-0.39, 0.29) is 30.5 Å². The van der Waals surface area contributed by atoms with Crippen LogP contribution in [0.1, 0.15) is 63.0 Å². The maximum Gasteiger partial charge on any atom is 0.262 e. The molecule has 0 saturated carbocycles. The molecule has 0 unspecified atom stereocenters. The van der Waals surface area contributed by atoms with Gasteiger partial charge in [-0.3, -0.25) is 10.1 Å². The van der Waals surface area contributed by atoms with Gasteiger partial charge in [0.05, 0.1) is 11.7 Å². The first-order valence-corrected chi connectivity index (χ1v) is 8.10. The first kappa shape index (κ1) is 16.4. The van der Waals surface area contributed by atoms with Crippen molar-refractivity contribution in [2.45, 2.75) is 45.7 Å². The van der Waals surface area contributed by atoms with Crippen LogP contribution in [-0.2, 0) is 4.79 Å². The van der Waals surface area contributed by atoms with Crippen LogP contribution < -0.4 is 15.4 Å². The Bertz CT molecular complexity index is 741. The Morgan fingerprint density at radius 2 is 2.00 bits per heavy atom. The number of anilines is 1. The first-order chi connectivity index (χ1) is 11.4. The molecule has 2 atom stereocenters. The molecule has 0 aliphatic carbocycles. The number of fused-ring (bicyclic) bond motifs is 1. The van der Waals surface area contributed by atoms with E-state index >= 15 is 0 Å². The Morgan fingerprint density at radius 1 is 1.21 bits per heavy atom. The zero-order valence-electron chi connectivity index (χ0n) is 14.3. The summed E-state index contributed by atoms with van der Waals surface area (Å²) >= 11 is 0. The van der Waals surface area contributed by atoms with Crippen molar-refractivity contribution in [1.29, 1.82) is 0 Å². The van der Waals surface area contributed by atoms with Gasteiger partial charge in [-0.2, -0.15) is 4.98 Å². The smallest absolute Gasteiger partial charge is 0.262 e. The average Bonchev–Trinajstić information content (AvgIpc) is 3.04. The van der Waals surface area contributed by atoms with Crippen LogP contribution in [0.2, 0.25) is 0 Å². The zero-order valence-corrected chi connectivity index (χ0v) is 14.3. The van der Waals surface area contributed by atoms with Crippen molar-refractivity contribution in [2.75, 3.05) is 11.9 Å². The van der Waals surface area contributed by atoms with Crippen molar-refractivity contribution in [3.63, 3.8) is 0 Å². The lowest BCUT2D eigenvalue weighted by Crippen LogP contribution is -2.26. The van der Waals surface area contributed by atoms with Gasteiger partial charge in [-0.15, -0.1) is 0 Å². The molecule has 1 aliphatic heterocycles. The molecule has 2 N–H and O–H groups in total. The van der Waals surface area contributed by atoms with E-state index in [9.17, 15) is 4.79 Å². The Kier molecular flexibility index (Phi) is 4.53. The minimum Gasteiger partial charge on any atom is -0.482 e. The van der Waals surface area contributed by atoms with Gasteiger partial charge < -0.3 is 14.6 Å². The molecule has 0 spiro atoms. The predicted molar refractivity (Wildman–Crippen MR) is 88.9 cm³/mol. The highest BCUT2D eigenvalue weighted by Crippen LogP contribution is 2.31. The van der Waals surface area contributed by atoms with Gasteiger partial charge in [0.1, 0.15) is 5.75 Å². The molecule has 1 amide bonds. The summed E-state index contributed by atoms with van der Waals surface area (Å²) in [5.74, 6) is 2.06. The summed E-state index contributed by atoms with van der Waals surface area (Å²) in [6.07, 6.45) is 0. The van der Waals surface area contributed by atoms with E-state index in [0.717, 1.165) is 5.56 Å². The molecule has 1 aromatic heterocycles. The van der Waals surface area contributed by atoms with Gasteiger partial charge in [-0.05, 0) is 31.5 Å². The number of aromatic nitrogens is 2. The fourth-order valence-corrected chi connectivity index (χ4v) is 2.57. The molecule has 0 saturated heterocycles. The predicted octanol–water partition coefficient (Wildman–Crippen LogP) is 2.94. The molecule has 128 valence electrons. The molecular weight excluding hydrogens is 308 g/mol. The highest BCUT2D eigenvalue weighted by atomic mass is 16.5. The summed E-state index contributed by atoms with van der Waals surface area (Å²) in [6, 6.07) is 5.73. The van der Waals surface area contributed by atoms with Gasteiger partial charge in [0.2, 0.25) is 5.89 Å². The van der Waals surface area contributed by atoms with Crippen LogP contribution in [0.4, 0.5) is 5.69 Å². The minimum atomic E-state index is -0.138. The second-order valence-electron chi connectivity index (χ2n) is 6.35. The number of ether oxygens (including phenoxy) is 1. The maximum atomic E-state index is 11.4. The summed E-state index contributed by atoms with van der Waals surface area (Å²) < 4.78 is 10.7. The molecule has 3 rings (SSSR count). The lowest BCUT2D eigenvalue weighted by atomic mass is 10.1. The highest BCUT2D eigenvalue weighted by Gasteiger charge is 2.20. The van der Waals surface area contributed by atoms with Crippen LogP contribution in [0.3, 0.4) is 0 Å². The Hall–Kier alpha value is -2.41. The number of hydrogen-bond donors (Lipinski definition) is 2. The number of nitrogens with one attached hydrogen (secondary N) is 2. The van der Waals surface area contributed by atoms with Crippen molar-refractivity contribution >= 4 is 11.6 Å². The summed E-state index contributed by atoms with van der Waals surface area (Å²) in [5.41, 5.74) is 1.74.